The van der Waals surface area contributed by atoms with E-state index in [9.17, 15) is 21.6 Å². The number of carbonyl (C=O) groups excluding carboxylic acids is 1. The Morgan fingerprint density at radius 3 is 2.21 bits per heavy atom. The van der Waals surface area contributed by atoms with E-state index >= 15 is 0 Å². The molecule has 0 aliphatic carbocycles. The number of anilines is 1. The monoisotopic (exact) mass is 491 g/mol. The first kappa shape index (κ1) is 23.9. The molecule has 0 bridgehead atoms. The first-order chi connectivity index (χ1) is 15.6. The van der Waals surface area contributed by atoms with Crippen LogP contribution in [0.15, 0.2) is 59.5 Å². The first-order valence-corrected chi connectivity index (χ1v) is 14.3. The third-order valence-electron chi connectivity index (χ3n) is 6.30. The molecule has 2 saturated heterocycles. The number of hydrogen-bond acceptors (Lipinski definition) is 7. The molecule has 2 aromatic rings. The highest BCUT2D eigenvalue weighted by Crippen LogP contribution is 2.30. The molecule has 2 aliphatic heterocycles. The lowest BCUT2D eigenvalue weighted by Gasteiger charge is -2.39. The Kier molecular flexibility index (Phi) is 6.90. The molecule has 2 unspecified atom stereocenters. The largest absolute Gasteiger partial charge is 0.326 e. The van der Waals surface area contributed by atoms with E-state index in [4.69, 9.17) is 0 Å². The average molecular weight is 492 g/mol. The third-order valence-corrected chi connectivity index (χ3v) is 10.4. The summed E-state index contributed by atoms with van der Waals surface area (Å²) < 4.78 is 51.9. The standard InChI is InChI=1S/C23H29N3O5S2/c1-18(27)24-20-7-9-21(10-8-20)33(30,31)23-17-32(28,29)16-22(23)26-13-11-25(12-14-26)15-19-5-3-2-4-6-19/h2-10,22-23H,11-17H2,1H3,(H,24,27). The number of piperazine rings is 1. The van der Waals surface area contributed by atoms with E-state index in [-0.39, 0.29) is 22.3 Å². The minimum absolute atomic E-state index is 0.0754. The minimum atomic E-state index is -3.86. The Bertz CT molecular complexity index is 1190. The van der Waals surface area contributed by atoms with E-state index in [0.29, 0.717) is 18.8 Å². The van der Waals surface area contributed by atoms with Crippen molar-refractivity contribution in [2.75, 3.05) is 43.0 Å². The lowest BCUT2D eigenvalue weighted by molar-refractivity contribution is -0.114. The maximum atomic E-state index is 13.4. The predicted molar refractivity (Wildman–Crippen MR) is 127 cm³/mol. The lowest BCUT2D eigenvalue weighted by Crippen LogP contribution is -2.54. The van der Waals surface area contributed by atoms with Gasteiger partial charge in [-0.15, -0.1) is 0 Å². The fraction of sp³-hybridized carbons (Fsp3) is 0.435. The van der Waals surface area contributed by atoms with Gasteiger partial charge in [-0.25, -0.2) is 16.8 Å². The van der Waals surface area contributed by atoms with Crippen molar-refractivity contribution in [1.82, 2.24) is 9.80 Å². The van der Waals surface area contributed by atoms with Crippen molar-refractivity contribution in [1.29, 1.82) is 0 Å². The summed E-state index contributed by atoms with van der Waals surface area (Å²) in [4.78, 5) is 15.6. The average Bonchev–Trinajstić information content (AvgIpc) is 3.11. The van der Waals surface area contributed by atoms with Crippen LogP contribution in [-0.2, 0) is 31.0 Å². The zero-order valence-corrected chi connectivity index (χ0v) is 20.2. The molecular weight excluding hydrogens is 462 g/mol. The maximum Gasteiger partial charge on any atom is 0.221 e. The Labute approximate surface area is 195 Å². The zero-order valence-electron chi connectivity index (χ0n) is 18.6. The van der Waals surface area contributed by atoms with Crippen molar-refractivity contribution in [3.63, 3.8) is 0 Å². The van der Waals surface area contributed by atoms with Crippen molar-refractivity contribution in [2.45, 2.75) is 29.7 Å². The highest BCUT2D eigenvalue weighted by molar-refractivity contribution is 7.96. The van der Waals surface area contributed by atoms with E-state index in [1.54, 1.807) is 0 Å². The van der Waals surface area contributed by atoms with Gasteiger partial charge < -0.3 is 5.32 Å². The van der Waals surface area contributed by atoms with E-state index < -0.39 is 31.0 Å². The van der Waals surface area contributed by atoms with Crippen LogP contribution in [0.5, 0.6) is 0 Å². The maximum absolute atomic E-state index is 13.4. The Balaban J connectivity index is 1.48. The fourth-order valence-electron chi connectivity index (χ4n) is 4.63. The summed E-state index contributed by atoms with van der Waals surface area (Å²) in [6.07, 6.45) is 0. The van der Waals surface area contributed by atoms with Crippen molar-refractivity contribution < 1.29 is 21.6 Å². The zero-order chi connectivity index (χ0) is 23.6. The molecule has 2 aliphatic rings. The second-order valence-corrected chi connectivity index (χ2v) is 13.1. The molecule has 0 spiro atoms. The lowest BCUT2D eigenvalue weighted by atomic mass is 10.1. The van der Waals surface area contributed by atoms with Crippen molar-refractivity contribution in [3.05, 3.63) is 60.2 Å². The van der Waals surface area contributed by atoms with Crippen molar-refractivity contribution in [3.8, 4) is 0 Å². The van der Waals surface area contributed by atoms with Crippen LogP contribution < -0.4 is 5.32 Å². The number of rotatable bonds is 6. The summed E-state index contributed by atoms with van der Waals surface area (Å²) in [5, 5.41) is 1.60. The van der Waals surface area contributed by atoms with Gasteiger partial charge in [0.1, 0.15) is 0 Å². The molecule has 1 N–H and O–H groups in total. The molecule has 33 heavy (non-hydrogen) atoms. The molecule has 2 aromatic carbocycles. The summed E-state index contributed by atoms with van der Waals surface area (Å²) in [6.45, 7) is 4.95. The number of benzene rings is 2. The molecule has 1 amide bonds. The van der Waals surface area contributed by atoms with Crippen LogP contribution in [0.3, 0.4) is 0 Å². The predicted octanol–water partition coefficient (Wildman–Crippen LogP) is 1.40. The van der Waals surface area contributed by atoms with Crippen LogP contribution in [0.25, 0.3) is 0 Å². The van der Waals surface area contributed by atoms with E-state index in [1.807, 2.05) is 23.1 Å². The normalized spacial score (nSPS) is 23.9. The second-order valence-electron chi connectivity index (χ2n) is 8.73. The highest BCUT2D eigenvalue weighted by atomic mass is 32.2. The van der Waals surface area contributed by atoms with Gasteiger partial charge in [-0.3, -0.25) is 14.6 Å². The summed E-state index contributed by atoms with van der Waals surface area (Å²) in [6, 6.07) is 15.5. The Hall–Kier alpha value is -2.27. The molecule has 8 nitrogen and oxygen atoms in total. The number of hydrogen-bond donors (Lipinski definition) is 1. The van der Waals surface area contributed by atoms with Crippen LogP contribution in [0.1, 0.15) is 12.5 Å². The number of nitrogens with one attached hydrogen (secondary N) is 1. The van der Waals surface area contributed by atoms with Gasteiger partial charge in [0.15, 0.2) is 19.7 Å². The van der Waals surface area contributed by atoms with Gasteiger partial charge in [0.2, 0.25) is 5.91 Å². The van der Waals surface area contributed by atoms with Gasteiger partial charge in [-0.05, 0) is 29.8 Å². The van der Waals surface area contributed by atoms with Crippen molar-refractivity contribution >= 4 is 31.3 Å². The van der Waals surface area contributed by atoms with Gasteiger partial charge in [0, 0.05) is 51.4 Å². The Morgan fingerprint density at radius 1 is 0.970 bits per heavy atom. The summed E-state index contributed by atoms with van der Waals surface area (Å²) in [5.41, 5.74) is 1.71. The highest BCUT2D eigenvalue weighted by Gasteiger charge is 2.48. The van der Waals surface area contributed by atoms with Gasteiger partial charge >= 0.3 is 0 Å². The van der Waals surface area contributed by atoms with Crippen LogP contribution in [0.2, 0.25) is 0 Å². The molecule has 4 rings (SSSR count). The second kappa shape index (κ2) is 9.54. The smallest absolute Gasteiger partial charge is 0.221 e. The molecule has 0 aromatic heterocycles. The number of sulfone groups is 2. The van der Waals surface area contributed by atoms with Crippen molar-refractivity contribution in [2.24, 2.45) is 0 Å². The number of amides is 1. The molecule has 178 valence electrons. The summed E-state index contributed by atoms with van der Waals surface area (Å²) in [5.74, 6) is -0.754. The number of nitrogens with zero attached hydrogens (tertiary/aromatic N) is 2. The third kappa shape index (κ3) is 5.63. The van der Waals surface area contributed by atoms with Crippen LogP contribution in [0, 0.1) is 0 Å². The van der Waals surface area contributed by atoms with Gasteiger partial charge in [-0.1, -0.05) is 30.3 Å². The molecule has 2 heterocycles. The molecule has 0 radical (unpaired) electrons. The molecule has 0 saturated carbocycles. The molecule has 10 heteroatoms. The molecule has 2 atom stereocenters. The number of carbonyl (C=O) groups is 1. The van der Waals surface area contributed by atoms with E-state index in [0.717, 1.165) is 19.6 Å². The van der Waals surface area contributed by atoms with Crippen LogP contribution in [-0.4, -0.2) is 81.5 Å². The Morgan fingerprint density at radius 2 is 1.61 bits per heavy atom. The quantitative estimate of drug-likeness (QED) is 0.651. The van der Waals surface area contributed by atoms with Gasteiger partial charge in [0.05, 0.1) is 21.7 Å². The van der Waals surface area contributed by atoms with Crippen LogP contribution in [0.4, 0.5) is 5.69 Å². The summed E-state index contributed by atoms with van der Waals surface area (Å²) in [7, 11) is -7.33. The topological polar surface area (TPSA) is 104 Å². The first-order valence-electron chi connectivity index (χ1n) is 11.0. The van der Waals surface area contributed by atoms with Gasteiger partial charge in [-0.2, -0.15) is 0 Å². The van der Waals surface area contributed by atoms with Crippen LogP contribution >= 0.6 is 0 Å². The van der Waals surface area contributed by atoms with E-state index in [2.05, 4.69) is 22.3 Å². The van der Waals surface area contributed by atoms with Gasteiger partial charge in [0.25, 0.3) is 0 Å². The molecular formula is C23H29N3O5S2. The minimum Gasteiger partial charge on any atom is -0.326 e. The SMILES string of the molecule is CC(=O)Nc1ccc(S(=O)(=O)C2CS(=O)(=O)CC2N2CCN(Cc3ccccc3)CC2)cc1. The molecule has 2 fully saturated rings. The van der Waals surface area contributed by atoms with E-state index in [1.165, 1.54) is 36.8 Å². The summed E-state index contributed by atoms with van der Waals surface area (Å²) >= 11 is 0. The fourth-order valence-corrected chi connectivity index (χ4v) is 9.46.